The summed E-state index contributed by atoms with van der Waals surface area (Å²) in [5, 5.41) is 7.92. The minimum Gasteiger partial charge on any atom is -0.331 e. The lowest BCUT2D eigenvalue weighted by Crippen LogP contribution is -2.42. The van der Waals surface area contributed by atoms with Crippen LogP contribution in [0.15, 0.2) is 53.4 Å². The van der Waals surface area contributed by atoms with E-state index in [0.717, 1.165) is 55.2 Å². The summed E-state index contributed by atoms with van der Waals surface area (Å²) in [6, 6.07) is 10.2. The number of aromatic nitrogens is 4. The molecule has 0 saturated carbocycles. The fourth-order valence-corrected chi connectivity index (χ4v) is 4.87. The minimum atomic E-state index is -0.0723. The summed E-state index contributed by atoms with van der Waals surface area (Å²) in [5.74, 6) is 0.705. The summed E-state index contributed by atoms with van der Waals surface area (Å²) >= 11 is 3.38. The number of hydrogen-bond acceptors (Lipinski definition) is 4. The zero-order valence-electron chi connectivity index (χ0n) is 17.2. The first-order valence-corrected chi connectivity index (χ1v) is 11.6. The van der Waals surface area contributed by atoms with Crippen LogP contribution in [0.2, 0.25) is 0 Å². The van der Waals surface area contributed by atoms with Crippen molar-refractivity contribution in [2.45, 2.75) is 50.7 Å². The van der Waals surface area contributed by atoms with E-state index < -0.39 is 0 Å². The highest BCUT2D eigenvalue weighted by Crippen LogP contribution is 2.33. The molecule has 7 nitrogen and oxygen atoms in total. The third-order valence-electron chi connectivity index (χ3n) is 6.19. The van der Waals surface area contributed by atoms with Crippen molar-refractivity contribution < 1.29 is 4.79 Å². The van der Waals surface area contributed by atoms with Crippen molar-refractivity contribution in [2.75, 3.05) is 6.54 Å². The normalized spacial score (nSPS) is 20.5. The number of likely N-dealkylation sites (tertiary alicyclic amines) is 1. The van der Waals surface area contributed by atoms with Crippen molar-refractivity contribution in [1.82, 2.24) is 30.0 Å². The van der Waals surface area contributed by atoms with Gasteiger partial charge in [-0.2, -0.15) is 5.10 Å². The molecule has 1 aliphatic heterocycles. The predicted molar refractivity (Wildman–Crippen MR) is 120 cm³/mol. The van der Waals surface area contributed by atoms with Crippen molar-refractivity contribution in [1.29, 1.82) is 0 Å². The lowest BCUT2D eigenvalue weighted by molar-refractivity contribution is 0.185. The number of carbonyl (C=O) groups excluding carboxylic acids is 1. The van der Waals surface area contributed by atoms with Crippen LogP contribution < -0.4 is 5.32 Å². The van der Waals surface area contributed by atoms with E-state index >= 15 is 0 Å². The summed E-state index contributed by atoms with van der Waals surface area (Å²) < 4.78 is 2.92. The van der Waals surface area contributed by atoms with Crippen LogP contribution >= 0.6 is 15.9 Å². The molecule has 1 aromatic carbocycles. The van der Waals surface area contributed by atoms with Gasteiger partial charge in [-0.1, -0.05) is 30.3 Å². The maximum Gasteiger partial charge on any atom is 0.318 e. The highest BCUT2D eigenvalue weighted by atomic mass is 79.9. The van der Waals surface area contributed by atoms with Gasteiger partial charge in [-0.15, -0.1) is 0 Å². The van der Waals surface area contributed by atoms with Gasteiger partial charge in [0.05, 0.1) is 29.3 Å². The molecular weight excluding hydrogens is 456 g/mol. The Hall–Kier alpha value is -2.74. The number of carbonyl (C=O) groups is 1. The number of rotatable bonds is 4. The monoisotopic (exact) mass is 480 g/mol. The first-order chi connectivity index (χ1) is 15.2. The summed E-state index contributed by atoms with van der Waals surface area (Å²) in [7, 11) is 0. The molecule has 2 aromatic heterocycles. The zero-order chi connectivity index (χ0) is 21.2. The van der Waals surface area contributed by atoms with E-state index in [4.69, 9.17) is 0 Å². The Morgan fingerprint density at radius 2 is 1.90 bits per heavy atom. The van der Waals surface area contributed by atoms with Crippen LogP contribution in [0.4, 0.5) is 4.79 Å². The molecule has 0 bridgehead atoms. The van der Waals surface area contributed by atoms with Crippen LogP contribution in [-0.2, 0) is 13.0 Å². The SMILES string of the molecule is O=C(NC1CCCc2c1cnn2Cc1ccccc1)N1CCCC1c1ncc(Br)cn1. The van der Waals surface area contributed by atoms with Crippen molar-refractivity contribution in [2.24, 2.45) is 0 Å². The fraction of sp³-hybridized carbons (Fsp3) is 0.391. The topological polar surface area (TPSA) is 75.9 Å². The second-order valence-corrected chi connectivity index (χ2v) is 9.11. The molecule has 0 spiro atoms. The molecule has 2 aliphatic rings. The summed E-state index contributed by atoms with van der Waals surface area (Å²) in [5.41, 5.74) is 3.61. The van der Waals surface area contributed by atoms with Crippen molar-refractivity contribution in [3.05, 3.63) is 76.0 Å². The lowest BCUT2D eigenvalue weighted by atomic mass is 9.93. The smallest absolute Gasteiger partial charge is 0.318 e. The Bertz CT molecular complexity index is 1050. The first-order valence-electron chi connectivity index (χ1n) is 10.8. The molecule has 8 heteroatoms. The van der Waals surface area contributed by atoms with Crippen molar-refractivity contribution >= 4 is 22.0 Å². The summed E-state index contributed by atoms with van der Waals surface area (Å²) in [6.45, 7) is 1.48. The van der Waals surface area contributed by atoms with Gasteiger partial charge >= 0.3 is 6.03 Å². The van der Waals surface area contributed by atoms with E-state index in [9.17, 15) is 4.79 Å². The second kappa shape index (κ2) is 8.78. The van der Waals surface area contributed by atoms with Gasteiger partial charge in [-0.25, -0.2) is 14.8 Å². The van der Waals surface area contributed by atoms with Crippen LogP contribution in [0.5, 0.6) is 0 Å². The molecule has 1 saturated heterocycles. The minimum absolute atomic E-state index is 0.00661. The number of amides is 2. The number of urea groups is 1. The molecular formula is C23H25BrN6O. The predicted octanol–water partition coefficient (Wildman–Crippen LogP) is 4.41. The van der Waals surface area contributed by atoms with Gasteiger partial charge in [0.1, 0.15) is 0 Å². The van der Waals surface area contributed by atoms with Gasteiger partial charge < -0.3 is 10.2 Å². The number of nitrogens with one attached hydrogen (secondary N) is 1. The number of hydrogen-bond donors (Lipinski definition) is 1. The third-order valence-corrected chi connectivity index (χ3v) is 6.60. The van der Waals surface area contributed by atoms with E-state index in [2.05, 4.69) is 65.3 Å². The molecule has 3 aromatic rings. The molecule has 1 fully saturated rings. The molecule has 5 rings (SSSR count). The standard InChI is InChI=1S/C23H25BrN6O/c24-17-12-25-22(26-13-17)21-10-5-11-29(21)23(31)28-19-8-4-9-20-18(19)14-27-30(20)15-16-6-2-1-3-7-16/h1-3,6-7,12-14,19,21H,4-5,8-11,15H2,(H,28,31). The number of halogens is 1. The van der Waals surface area contributed by atoms with Crippen molar-refractivity contribution in [3.63, 3.8) is 0 Å². The summed E-state index contributed by atoms with van der Waals surface area (Å²) in [4.78, 5) is 23.9. The molecule has 1 N–H and O–H groups in total. The quantitative estimate of drug-likeness (QED) is 0.599. The number of benzene rings is 1. The maximum atomic E-state index is 13.2. The Morgan fingerprint density at radius 3 is 2.71 bits per heavy atom. The Morgan fingerprint density at radius 1 is 1.10 bits per heavy atom. The lowest BCUT2D eigenvalue weighted by Gasteiger charge is -2.29. The number of fused-ring (bicyclic) bond motifs is 1. The molecule has 2 amide bonds. The van der Waals surface area contributed by atoms with Crippen molar-refractivity contribution in [3.8, 4) is 0 Å². The molecule has 1 aliphatic carbocycles. The Labute approximate surface area is 190 Å². The molecule has 3 heterocycles. The van der Waals surface area contributed by atoms with E-state index in [-0.39, 0.29) is 18.1 Å². The molecule has 2 atom stereocenters. The Balaban J connectivity index is 1.31. The molecule has 0 radical (unpaired) electrons. The molecule has 2 unspecified atom stereocenters. The first kappa shape index (κ1) is 20.2. The fourth-order valence-electron chi connectivity index (χ4n) is 4.67. The third kappa shape index (κ3) is 4.21. The van der Waals surface area contributed by atoms with Gasteiger partial charge in [0.25, 0.3) is 0 Å². The van der Waals surface area contributed by atoms with Crippen LogP contribution in [0.3, 0.4) is 0 Å². The second-order valence-electron chi connectivity index (χ2n) is 8.20. The van der Waals surface area contributed by atoms with E-state index in [0.29, 0.717) is 5.82 Å². The van der Waals surface area contributed by atoms with Gasteiger partial charge in [-0.3, -0.25) is 4.68 Å². The molecule has 160 valence electrons. The number of nitrogens with zero attached hydrogens (tertiary/aromatic N) is 5. The molecule has 31 heavy (non-hydrogen) atoms. The highest BCUT2D eigenvalue weighted by Gasteiger charge is 2.34. The van der Waals surface area contributed by atoms with Crippen LogP contribution in [0, 0.1) is 0 Å². The van der Waals surface area contributed by atoms with Crippen LogP contribution in [0.25, 0.3) is 0 Å². The van der Waals surface area contributed by atoms with Gasteiger partial charge in [-0.05, 0) is 53.6 Å². The summed E-state index contributed by atoms with van der Waals surface area (Å²) in [6.07, 6.45) is 10.2. The van der Waals surface area contributed by atoms with E-state index in [1.165, 1.54) is 11.3 Å². The zero-order valence-corrected chi connectivity index (χ0v) is 18.8. The van der Waals surface area contributed by atoms with E-state index in [1.54, 1.807) is 12.4 Å². The van der Waals surface area contributed by atoms with Crippen LogP contribution in [0.1, 0.15) is 60.4 Å². The average molecular weight is 481 g/mol. The van der Waals surface area contributed by atoms with Gasteiger partial charge in [0, 0.05) is 30.2 Å². The van der Waals surface area contributed by atoms with Crippen LogP contribution in [-0.4, -0.2) is 37.2 Å². The average Bonchev–Trinajstić information content (AvgIpc) is 3.44. The Kier molecular flexibility index (Phi) is 5.72. The highest BCUT2D eigenvalue weighted by molar-refractivity contribution is 9.10. The largest absolute Gasteiger partial charge is 0.331 e. The van der Waals surface area contributed by atoms with Gasteiger partial charge in [0.2, 0.25) is 0 Å². The van der Waals surface area contributed by atoms with Gasteiger partial charge in [0.15, 0.2) is 5.82 Å². The van der Waals surface area contributed by atoms with E-state index in [1.807, 2.05) is 17.2 Å². The maximum absolute atomic E-state index is 13.2.